The maximum atomic E-state index is 13.6. The third-order valence-electron chi connectivity index (χ3n) is 7.22. The highest BCUT2D eigenvalue weighted by atomic mass is 16.6. The van der Waals surface area contributed by atoms with Crippen LogP contribution in [0.25, 0.3) is 0 Å². The number of non-ortho nitro benzene ring substituents is 1. The summed E-state index contributed by atoms with van der Waals surface area (Å²) in [5, 5.41) is 32.5. The van der Waals surface area contributed by atoms with Crippen molar-refractivity contribution in [3.63, 3.8) is 0 Å². The van der Waals surface area contributed by atoms with Crippen LogP contribution in [0.3, 0.4) is 0 Å². The molecule has 0 aromatic heterocycles. The predicted molar refractivity (Wildman–Crippen MR) is 123 cm³/mol. The largest absolute Gasteiger partial charge is 0.508 e. The first-order chi connectivity index (χ1) is 16.3. The Hall–Kier alpha value is -3.50. The van der Waals surface area contributed by atoms with Crippen molar-refractivity contribution in [2.24, 2.45) is 17.8 Å². The van der Waals surface area contributed by atoms with Crippen molar-refractivity contribution in [2.45, 2.75) is 32.3 Å². The highest BCUT2D eigenvalue weighted by molar-refractivity contribution is 6.53. The Morgan fingerprint density at radius 3 is 2.62 bits per heavy atom. The third kappa shape index (κ3) is 3.41. The van der Waals surface area contributed by atoms with E-state index in [-0.39, 0.29) is 23.0 Å². The lowest BCUT2D eigenvalue weighted by Crippen LogP contribution is -2.44. The van der Waals surface area contributed by atoms with E-state index in [9.17, 15) is 29.8 Å². The van der Waals surface area contributed by atoms with Crippen molar-refractivity contribution < 1.29 is 29.3 Å². The molecule has 2 aliphatic heterocycles. The van der Waals surface area contributed by atoms with Crippen LogP contribution in [0.5, 0.6) is 5.75 Å². The van der Waals surface area contributed by atoms with Crippen LogP contribution in [0, 0.1) is 27.9 Å². The normalized spacial score (nSPS) is 26.5. The van der Waals surface area contributed by atoms with E-state index in [0.717, 1.165) is 10.5 Å². The van der Waals surface area contributed by atoms with Gasteiger partial charge in [-0.25, -0.2) is 4.90 Å². The number of nitrogens with zero attached hydrogens (tertiary/aromatic N) is 2. The molecule has 2 fully saturated rings. The Bertz CT molecular complexity index is 1230. The zero-order valence-electron chi connectivity index (χ0n) is 18.5. The van der Waals surface area contributed by atoms with E-state index >= 15 is 0 Å². The van der Waals surface area contributed by atoms with Gasteiger partial charge in [0.15, 0.2) is 0 Å². The molecular formula is C24H23BN2O7. The molecule has 2 saturated heterocycles. The van der Waals surface area contributed by atoms with E-state index in [1.54, 1.807) is 18.2 Å². The van der Waals surface area contributed by atoms with Crippen molar-refractivity contribution in [1.29, 1.82) is 0 Å². The smallest absolute Gasteiger partial charge is 0.487 e. The standard InChI is InChI=1S/C24H23BN2O7/c1-2-13-10-18-21(24(30)26(23(18)29)14-6-5-7-15(11-14)27(32)33)17-12-20(34-25(31)22(13)17)16-8-3-4-9-19(16)28/h3-9,11,17-18,20-21,28,31H,2,10,12H2,1H3/t17-,18-,20-,21+/m0/s1. The molecule has 0 unspecified atom stereocenters. The van der Waals surface area contributed by atoms with Gasteiger partial charge in [-0.15, -0.1) is 0 Å². The maximum absolute atomic E-state index is 13.6. The summed E-state index contributed by atoms with van der Waals surface area (Å²) < 4.78 is 5.87. The van der Waals surface area contributed by atoms with Gasteiger partial charge >= 0.3 is 7.12 Å². The van der Waals surface area contributed by atoms with Crippen molar-refractivity contribution >= 4 is 30.3 Å². The quantitative estimate of drug-likeness (QED) is 0.309. The first kappa shape index (κ1) is 22.3. The Kier molecular flexibility index (Phi) is 5.49. The van der Waals surface area contributed by atoms with Gasteiger partial charge in [0.05, 0.1) is 28.6 Å². The highest BCUT2D eigenvalue weighted by Gasteiger charge is 2.58. The number of nitro benzene ring substituents is 1. The van der Waals surface area contributed by atoms with Crippen LogP contribution in [0.15, 0.2) is 59.6 Å². The molecule has 0 saturated carbocycles. The number of carbonyl (C=O) groups is 2. The third-order valence-corrected chi connectivity index (χ3v) is 7.22. The van der Waals surface area contributed by atoms with Gasteiger partial charge in [0.25, 0.3) is 5.69 Å². The number of anilines is 1. The number of benzene rings is 2. The Morgan fingerprint density at radius 2 is 1.91 bits per heavy atom. The van der Waals surface area contributed by atoms with Crippen molar-refractivity contribution in [2.75, 3.05) is 4.90 Å². The molecule has 2 aromatic rings. The molecule has 2 heterocycles. The number of allylic oxidation sites excluding steroid dienone is 2. The Balaban J connectivity index is 1.55. The highest BCUT2D eigenvalue weighted by Crippen LogP contribution is 2.53. The molecular weight excluding hydrogens is 439 g/mol. The molecule has 2 amide bonds. The molecule has 2 N–H and O–H groups in total. The summed E-state index contributed by atoms with van der Waals surface area (Å²) in [5.41, 5.74) is 1.99. The first-order valence-electron chi connectivity index (χ1n) is 11.3. The number of para-hydroxylation sites is 1. The van der Waals surface area contributed by atoms with Gasteiger partial charge in [-0.3, -0.25) is 19.7 Å². The minimum absolute atomic E-state index is 0.0299. The van der Waals surface area contributed by atoms with Crippen molar-refractivity contribution in [3.8, 4) is 5.75 Å². The number of phenolic OH excluding ortho intramolecular Hbond substituents is 1. The van der Waals surface area contributed by atoms with Gasteiger partial charge in [0.1, 0.15) is 5.75 Å². The molecule has 4 atom stereocenters. The number of hydrogen-bond donors (Lipinski definition) is 2. The molecule has 9 nitrogen and oxygen atoms in total. The monoisotopic (exact) mass is 462 g/mol. The van der Waals surface area contributed by atoms with E-state index in [1.165, 1.54) is 30.3 Å². The zero-order chi connectivity index (χ0) is 24.1. The maximum Gasteiger partial charge on any atom is 0.487 e. The van der Waals surface area contributed by atoms with Gasteiger partial charge in [-0.05, 0) is 42.8 Å². The molecule has 2 aromatic carbocycles. The lowest BCUT2D eigenvalue weighted by atomic mass is 9.55. The zero-order valence-corrected chi connectivity index (χ0v) is 18.5. The first-order valence-corrected chi connectivity index (χ1v) is 11.3. The number of aromatic hydroxyl groups is 1. The number of fused-ring (bicyclic) bond motifs is 3. The molecule has 3 aliphatic rings. The van der Waals surface area contributed by atoms with E-state index in [1.807, 2.05) is 6.92 Å². The summed E-state index contributed by atoms with van der Waals surface area (Å²) in [6.45, 7) is 1.93. The SMILES string of the molecule is CCC1=C2B(O)O[C@H](c3ccccc3O)C[C@H]2[C@H]2C(=O)N(c3cccc([N+](=O)[O-])c3)C(=O)[C@H]2C1. The molecule has 0 radical (unpaired) electrons. The predicted octanol–water partition coefficient (Wildman–Crippen LogP) is 3.31. The number of carbonyl (C=O) groups excluding carboxylic acids is 2. The fourth-order valence-corrected chi connectivity index (χ4v) is 5.71. The van der Waals surface area contributed by atoms with Crippen LogP contribution in [0.4, 0.5) is 11.4 Å². The molecule has 0 bridgehead atoms. The van der Waals surface area contributed by atoms with Gasteiger partial charge in [-0.2, -0.15) is 0 Å². The molecule has 174 valence electrons. The van der Waals surface area contributed by atoms with Gasteiger partial charge < -0.3 is 14.8 Å². The lowest BCUT2D eigenvalue weighted by molar-refractivity contribution is -0.384. The second kappa shape index (κ2) is 8.37. The molecule has 34 heavy (non-hydrogen) atoms. The molecule has 5 rings (SSSR count). The Morgan fingerprint density at radius 1 is 1.15 bits per heavy atom. The molecule has 0 spiro atoms. The van der Waals surface area contributed by atoms with Gasteiger partial charge in [0.2, 0.25) is 11.8 Å². The summed E-state index contributed by atoms with van der Waals surface area (Å²) in [7, 11) is -1.26. The van der Waals surface area contributed by atoms with Crippen molar-refractivity contribution in [3.05, 3.63) is 75.3 Å². The number of phenols is 1. The lowest BCUT2D eigenvalue weighted by Gasteiger charge is -2.42. The van der Waals surface area contributed by atoms with Crippen LogP contribution >= 0.6 is 0 Å². The topological polar surface area (TPSA) is 130 Å². The minimum Gasteiger partial charge on any atom is -0.508 e. The van der Waals surface area contributed by atoms with Crippen LogP contribution in [-0.2, 0) is 14.2 Å². The van der Waals surface area contributed by atoms with Gasteiger partial charge in [-0.1, -0.05) is 36.8 Å². The number of rotatable bonds is 4. The summed E-state index contributed by atoms with van der Waals surface area (Å²) >= 11 is 0. The average Bonchev–Trinajstić information content (AvgIpc) is 3.08. The average molecular weight is 462 g/mol. The van der Waals surface area contributed by atoms with E-state index in [4.69, 9.17) is 4.65 Å². The second-order valence-corrected chi connectivity index (χ2v) is 8.92. The number of nitro groups is 1. The van der Waals surface area contributed by atoms with E-state index in [0.29, 0.717) is 30.3 Å². The summed E-state index contributed by atoms with van der Waals surface area (Å²) in [5.74, 6) is -2.59. The summed E-state index contributed by atoms with van der Waals surface area (Å²) in [6.07, 6.45) is 0.576. The van der Waals surface area contributed by atoms with Crippen LogP contribution in [-0.4, -0.2) is 34.0 Å². The number of hydrogen-bond acceptors (Lipinski definition) is 7. The molecule has 1 aliphatic carbocycles. The van der Waals surface area contributed by atoms with E-state index < -0.39 is 41.8 Å². The summed E-state index contributed by atoms with van der Waals surface area (Å²) in [6, 6.07) is 12.2. The van der Waals surface area contributed by atoms with Gasteiger partial charge in [0, 0.05) is 17.7 Å². The Labute approximate surface area is 195 Å². The van der Waals surface area contributed by atoms with Crippen LogP contribution in [0.1, 0.15) is 37.9 Å². The fourth-order valence-electron chi connectivity index (χ4n) is 5.71. The summed E-state index contributed by atoms with van der Waals surface area (Å²) in [4.78, 5) is 38.8. The van der Waals surface area contributed by atoms with Crippen LogP contribution < -0.4 is 4.90 Å². The van der Waals surface area contributed by atoms with E-state index in [2.05, 4.69) is 0 Å². The second-order valence-electron chi connectivity index (χ2n) is 8.92. The van der Waals surface area contributed by atoms with Crippen LogP contribution in [0.2, 0.25) is 0 Å². The van der Waals surface area contributed by atoms with Crippen molar-refractivity contribution in [1.82, 2.24) is 0 Å². The number of imide groups is 1. The molecule has 10 heteroatoms. The fraction of sp³-hybridized carbons (Fsp3) is 0.333. The number of amides is 2. The minimum atomic E-state index is -1.26.